The lowest BCUT2D eigenvalue weighted by Gasteiger charge is -2.09. The molecular formula is C15H18N4O2. The zero-order valence-electron chi connectivity index (χ0n) is 12.4. The Bertz CT molecular complexity index is 671. The number of hydrogen-bond acceptors (Lipinski definition) is 5. The molecule has 0 unspecified atom stereocenters. The van der Waals surface area contributed by atoms with Gasteiger partial charge in [0.1, 0.15) is 6.20 Å². The highest BCUT2D eigenvalue weighted by Crippen LogP contribution is 2.31. The van der Waals surface area contributed by atoms with Crippen LogP contribution in [0.25, 0.3) is 11.3 Å². The highest BCUT2D eigenvalue weighted by molar-refractivity contribution is 5.73. The Kier molecular flexibility index (Phi) is 4.47. The maximum absolute atomic E-state index is 11.2. The molecule has 0 aliphatic heterocycles. The topological polar surface area (TPSA) is 81.0 Å². The van der Waals surface area contributed by atoms with Gasteiger partial charge in [-0.25, -0.2) is 9.97 Å². The summed E-state index contributed by atoms with van der Waals surface area (Å²) in [4.78, 5) is 19.1. The lowest BCUT2D eigenvalue weighted by atomic mass is 10.0. The van der Waals surface area contributed by atoms with Gasteiger partial charge >= 0.3 is 5.69 Å². The molecule has 0 saturated heterocycles. The van der Waals surface area contributed by atoms with Gasteiger partial charge in [-0.05, 0) is 31.9 Å². The SMILES string of the molecule is CCCNc1ncc([N+](=O)[O-])c(-c2cc(C)ccc2C)n1. The molecule has 0 bridgehead atoms. The first-order chi connectivity index (χ1) is 10.0. The van der Waals surface area contributed by atoms with Crippen LogP contribution >= 0.6 is 0 Å². The summed E-state index contributed by atoms with van der Waals surface area (Å²) >= 11 is 0. The van der Waals surface area contributed by atoms with Gasteiger partial charge in [0.25, 0.3) is 0 Å². The molecule has 2 rings (SSSR count). The van der Waals surface area contributed by atoms with E-state index in [9.17, 15) is 10.1 Å². The van der Waals surface area contributed by atoms with Gasteiger partial charge < -0.3 is 5.32 Å². The second-order valence-electron chi connectivity index (χ2n) is 4.93. The van der Waals surface area contributed by atoms with Gasteiger partial charge in [-0.1, -0.05) is 24.6 Å². The molecule has 21 heavy (non-hydrogen) atoms. The highest BCUT2D eigenvalue weighted by atomic mass is 16.6. The lowest BCUT2D eigenvalue weighted by Crippen LogP contribution is -2.06. The monoisotopic (exact) mass is 286 g/mol. The van der Waals surface area contributed by atoms with Crippen molar-refractivity contribution in [3.05, 3.63) is 45.6 Å². The number of benzene rings is 1. The summed E-state index contributed by atoms with van der Waals surface area (Å²) in [6.45, 7) is 6.63. The first-order valence-corrected chi connectivity index (χ1v) is 6.86. The van der Waals surface area contributed by atoms with Crippen molar-refractivity contribution < 1.29 is 4.92 Å². The van der Waals surface area contributed by atoms with Crippen LogP contribution in [0.5, 0.6) is 0 Å². The van der Waals surface area contributed by atoms with Crippen LogP contribution in [-0.2, 0) is 0 Å². The Hall–Kier alpha value is -2.50. The minimum absolute atomic E-state index is 0.0780. The molecule has 1 aromatic heterocycles. The van der Waals surface area contributed by atoms with Crippen LogP contribution in [0.2, 0.25) is 0 Å². The standard InChI is InChI=1S/C15H18N4O2/c1-4-7-16-15-17-9-13(19(20)21)14(18-15)12-8-10(2)5-6-11(12)3/h5-6,8-9H,4,7H2,1-3H3,(H,16,17,18). The van der Waals surface area contributed by atoms with Crippen molar-refractivity contribution in [1.29, 1.82) is 0 Å². The molecule has 1 heterocycles. The van der Waals surface area contributed by atoms with Crippen molar-refractivity contribution in [3.8, 4) is 11.3 Å². The minimum atomic E-state index is -0.444. The summed E-state index contributed by atoms with van der Waals surface area (Å²) in [6.07, 6.45) is 2.20. The van der Waals surface area contributed by atoms with Gasteiger partial charge in [0, 0.05) is 12.1 Å². The molecule has 6 nitrogen and oxygen atoms in total. The van der Waals surface area contributed by atoms with E-state index in [1.807, 2.05) is 39.0 Å². The maximum Gasteiger partial charge on any atom is 0.313 e. The van der Waals surface area contributed by atoms with Crippen molar-refractivity contribution in [2.75, 3.05) is 11.9 Å². The zero-order chi connectivity index (χ0) is 15.4. The normalized spacial score (nSPS) is 10.4. The molecular weight excluding hydrogens is 268 g/mol. The van der Waals surface area contributed by atoms with Crippen LogP contribution in [-0.4, -0.2) is 21.4 Å². The molecule has 0 aliphatic carbocycles. The van der Waals surface area contributed by atoms with E-state index in [1.54, 1.807) is 0 Å². The number of nitro groups is 1. The molecule has 0 saturated carbocycles. The second-order valence-corrected chi connectivity index (χ2v) is 4.93. The molecule has 0 aliphatic rings. The lowest BCUT2D eigenvalue weighted by molar-refractivity contribution is -0.384. The summed E-state index contributed by atoms with van der Waals surface area (Å²) in [5.41, 5.74) is 3.03. The minimum Gasteiger partial charge on any atom is -0.354 e. The Morgan fingerprint density at radius 1 is 1.33 bits per heavy atom. The molecule has 1 N–H and O–H groups in total. The maximum atomic E-state index is 11.2. The molecule has 0 atom stereocenters. The number of hydrogen-bond donors (Lipinski definition) is 1. The van der Waals surface area contributed by atoms with Crippen molar-refractivity contribution in [1.82, 2.24) is 9.97 Å². The second kappa shape index (κ2) is 6.30. The van der Waals surface area contributed by atoms with Gasteiger partial charge in [-0.3, -0.25) is 10.1 Å². The molecule has 110 valence electrons. The summed E-state index contributed by atoms with van der Waals surface area (Å²) in [5.74, 6) is 0.415. The Labute approximate surface area is 123 Å². The van der Waals surface area contributed by atoms with Crippen LogP contribution in [0.15, 0.2) is 24.4 Å². The van der Waals surface area contributed by atoms with Crippen LogP contribution in [0.1, 0.15) is 24.5 Å². The number of aryl methyl sites for hydroxylation is 2. The van der Waals surface area contributed by atoms with E-state index >= 15 is 0 Å². The fourth-order valence-corrected chi connectivity index (χ4v) is 2.02. The Balaban J connectivity index is 2.57. The summed E-state index contributed by atoms with van der Waals surface area (Å²) in [5, 5.41) is 14.3. The average Bonchev–Trinajstić information content (AvgIpc) is 2.47. The molecule has 0 spiro atoms. The van der Waals surface area contributed by atoms with Gasteiger partial charge in [-0.2, -0.15) is 0 Å². The Morgan fingerprint density at radius 2 is 2.10 bits per heavy atom. The number of anilines is 1. The van der Waals surface area contributed by atoms with Crippen molar-refractivity contribution in [2.45, 2.75) is 27.2 Å². The zero-order valence-corrected chi connectivity index (χ0v) is 12.4. The van der Waals surface area contributed by atoms with Gasteiger partial charge in [0.15, 0.2) is 5.69 Å². The summed E-state index contributed by atoms with van der Waals surface area (Å²) in [7, 11) is 0. The highest BCUT2D eigenvalue weighted by Gasteiger charge is 2.20. The van der Waals surface area contributed by atoms with Gasteiger partial charge in [0.05, 0.1) is 4.92 Å². The van der Waals surface area contributed by atoms with Crippen molar-refractivity contribution in [2.24, 2.45) is 0 Å². The molecule has 0 amide bonds. The van der Waals surface area contributed by atoms with E-state index < -0.39 is 4.92 Å². The first kappa shape index (κ1) is 14.9. The number of nitrogens with zero attached hydrogens (tertiary/aromatic N) is 3. The van der Waals surface area contributed by atoms with Crippen LogP contribution in [0.3, 0.4) is 0 Å². The van der Waals surface area contributed by atoms with E-state index in [2.05, 4.69) is 15.3 Å². The molecule has 0 radical (unpaired) electrons. The van der Waals surface area contributed by atoms with Gasteiger partial charge in [0.2, 0.25) is 5.95 Å². The largest absolute Gasteiger partial charge is 0.354 e. The number of rotatable bonds is 5. The van der Waals surface area contributed by atoms with Crippen LogP contribution in [0, 0.1) is 24.0 Å². The molecule has 6 heteroatoms. The summed E-state index contributed by atoms with van der Waals surface area (Å²) in [6, 6.07) is 5.83. The fraction of sp³-hybridized carbons (Fsp3) is 0.333. The van der Waals surface area contributed by atoms with Crippen LogP contribution in [0.4, 0.5) is 11.6 Å². The molecule has 0 fully saturated rings. The third kappa shape index (κ3) is 3.34. The smallest absolute Gasteiger partial charge is 0.313 e. The third-order valence-electron chi connectivity index (χ3n) is 3.15. The summed E-state index contributed by atoms with van der Waals surface area (Å²) < 4.78 is 0. The predicted octanol–water partition coefficient (Wildman–Crippen LogP) is 3.49. The number of nitrogens with one attached hydrogen (secondary N) is 1. The van der Waals surface area contributed by atoms with E-state index in [-0.39, 0.29) is 5.69 Å². The van der Waals surface area contributed by atoms with E-state index in [0.29, 0.717) is 11.6 Å². The van der Waals surface area contributed by atoms with Crippen molar-refractivity contribution in [3.63, 3.8) is 0 Å². The molecule has 1 aromatic carbocycles. The van der Waals surface area contributed by atoms with E-state index in [0.717, 1.165) is 29.7 Å². The Morgan fingerprint density at radius 3 is 2.76 bits per heavy atom. The van der Waals surface area contributed by atoms with E-state index in [4.69, 9.17) is 0 Å². The van der Waals surface area contributed by atoms with E-state index in [1.165, 1.54) is 6.20 Å². The third-order valence-corrected chi connectivity index (χ3v) is 3.15. The predicted molar refractivity (Wildman–Crippen MR) is 82.4 cm³/mol. The van der Waals surface area contributed by atoms with Gasteiger partial charge in [-0.15, -0.1) is 0 Å². The fourth-order valence-electron chi connectivity index (χ4n) is 2.02. The van der Waals surface area contributed by atoms with Crippen LogP contribution < -0.4 is 5.32 Å². The average molecular weight is 286 g/mol. The first-order valence-electron chi connectivity index (χ1n) is 6.86. The molecule has 2 aromatic rings. The van der Waals surface area contributed by atoms with Crippen molar-refractivity contribution >= 4 is 11.6 Å². The quantitative estimate of drug-likeness (QED) is 0.672. The number of aromatic nitrogens is 2.